The number of morpholine rings is 1. The number of carbonyl (C=O) groups excluding carboxylic acids is 1. The van der Waals surface area contributed by atoms with E-state index in [9.17, 15) is 9.90 Å². The number of aromatic nitrogens is 1. The number of rotatable bonds is 6. The van der Waals surface area contributed by atoms with Gasteiger partial charge in [-0.2, -0.15) is 0 Å². The van der Waals surface area contributed by atoms with Crippen molar-refractivity contribution in [1.82, 2.24) is 15.2 Å². The SMILES string of the molecule is CC(C)(CNC(=O)c1cccc(N2CC(O)=C(c3nc4ccccc4s3)C2=N)c1)N1CCOCC1. The molecule has 0 unspecified atom stereocenters. The van der Waals surface area contributed by atoms with E-state index in [4.69, 9.17) is 10.1 Å². The first kappa shape index (κ1) is 23.5. The molecule has 3 N–H and O–H groups in total. The number of amidine groups is 1. The monoisotopic (exact) mass is 491 g/mol. The fourth-order valence-corrected chi connectivity index (χ4v) is 5.53. The van der Waals surface area contributed by atoms with E-state index < -0.39 is 0 Å². The van der Waals surface area contributed by atoms with Crippen LogP contribution >= 0.6 is 11.3 Å². The molecule has 35 heavy (non-hydrogen) atoms. The first-order valence-electron chi connectivity index (χ1n) is 11.7. The summed E-state index contributed by atoms with van der Waals surface area (Å²) in [7, 11) is 0. The van der Waals surface area contributed by atoms with Crippen molar-refractivity contribution in [3.63, 3.8) is 0 Å². The summed E-state index contributed by atoms with van der Waals surface area (Å²) in [6.07, 6.45) is 0. The molecule has 0 bridgehead atoms. The number of hydrogen-bond donors (Lipinski definition) is 3. The van der Waals surface area contributed by atoms with Gasteiger partial charge in [-0.1, -0.05) is 18.2 Å². The van der Waals surface area contributed by atoms with Crippen molar-refractivity contribution in [3.8, 4) is 0 Å². The van der Waals surface area contributed by atoms with E-state index >= 15 is 0 Å². The van der Waals surface area contributed by atoms with E-state index in [1.807, 2.05) is 30.3 Å². The number of ether oxygens (including phenoxy) is 1. The number of thiazole rings is 1. The van der Waals surface area contributed by atoms with E-state index in [-0.39, 0.29) is 29.6 Å². The molecule has 0 spiro atoms. The Balaban J connectivity index is 1.30. The van der Waals surface area contributed by atoms with Crippen LogP contribution in [0.15, 0.2) is 54.3 Å². The second kappa shape index (κ2) is 9.41. The summed E-state index contributed by atoms with van der Waals surface area (Å²) in [5.41, 5.74) is 2.29. The topological polar surface area (TPSA) is 102 Å². The van der Waals surface area contributed by atoms with Gasteiger partial charge in [0.1, 0.15) is 16.6 Å². The third kappa shape index (κ3) is 4.67. The average molecular weight is 492 g/mol. The molecule has 1 fully saturated rings. The quantitative estimate of drug-likeness (QED) is 0.483. The maximum Gasteiger partial charge on any atom is 0.251 e. The number of benzene rings is 2. The van der Waals surface area contributed by atoms with Crippen LogP contribution in [0, 0.1) is 5.41 Å². The second-order valence-electron chi connectivity index (χ2n) is 9.39. The van der Waals surface area contributed by atoms with E-state index in [0.717, 1.165) is 23.3 Å². The lowest BCUT2D eigenvalue weighted by molar-refractivity contribution is -0.00923. The number of para-hydroxylation sites is 1. The Hall–Kier alpha value is -3.27. The van der Waals surface area contributed by atoms with Crippen LogP contribution in [0.4, 0.5) is 5.69 Å². The predicted molar refractivity (Wildman–Crippen MR) is 139 cm³/mol. The molecular formula is C26H29N5O3S. The summed E-state index contributed by atoms with van der Waals surface area (Å²) in [5.74, 6) is 0.117. The second-order valence-corrected chi connectivity index (χ2v) is 10.4. The summed E-state index contributed by atoms with van der Waals surface area (Å²) >= 11 is 1.46. The largest absolute Gasteiger partial charge is 0.510 e. The van der Waals surface area contributed by atoms with E-state index in [0.29, 0.717) is 41.6 Å². The third-order valence-corrected chi connectivity index (χ3v) is 7.63. The molecule has 1 aromatic heterocycles. The third-order valence-electron chi connectivity index (χ3n) is 6.58. The standard InChI is InChI=1S/C26H29N5O3S/c1-26(2,30-10-12-34-13-11-30)16-28-24(33)17-6-5-7-18(14-17)31-15-20(32)22(23(31)27)25-29-19-8-3-4-9-21(19)35-25/h3-9,14,27,32H,10-13,15-16H2,1-2H3,(H,28,33). The molecule has 182 valence electrons. The van der Waals surface area contributed by atoms with Crippen molar-refractivity contribution >= 4 is 44.6 Å². The number of fused-ring (bicyclic) bond motifs is 1. The molecular weight excluding hydrogens is 462 g/mol. The molecule has 2 aliphatic heterocycles. The van der Waals surface area contributed by atoms with Gasteiger partial charge < -0.3 is 20.1 Å². The number of nitrogens with zero attached hydrogens (tertiary/aromatic N) is 3. The lowest BCUT2D eigenvalue weighted by atomic mass is 10.0. The normalized spacial score (nSPS) is 17.4. The van der Waals surface area contributed by atoms with Gasteiger partial charge in [0.15, 0.2) is 0 Å². The van der Waals surface area contributed by atoms with Gasteiger partial charge in [0, 0.05) is 36.4 Å². The van der Waals surface area contributed by atoms with Crippen molar-refractivity contribution < 1.29 is 14.6 Å². The number of nitrogens with one attached hydrogen (secondary N) is 2. The molecule has 5 rings (SSSR count). The van der Waals surface area contributed by atoms with Gasteiger partial charge >= 0.3 is 0 Å². The molecule has 0 aliphatic carbocycles. The average Bonchev–Trinajstić information content (AvgIpc) is 3.42. The Morgan fingerprint density at radius 3 is 2.74 bits per heavy atom. The Labute approximate surface area is 208 Å². The zero-order valence-electron chi connectivity index (χ0n) is 19.9. The molecule has 2 aliphatic rings. The highest BCUT2D eigenvalue weighted by Crippen LogP contribution is 2.35. The molecule has 9 heteroatoms. The summed E-state index contributed by atoms with van der Waals surface area (Å²) in [4.78, 5) is 21.6. The molecule has 0 saturated carbocycles. The van der Waals surface area contributed by atoms with Crippen LogP contribution < -0.4 is 10.2 Å². The number of carbonyl (C=O) groups is 1. The molecule has 0 atom stereocenters. The summed E-state index contributed by atoms with van der Waals surface area (Å²) in [5, 5.41) is 23.2. The molecule has 3 heterocycles. The zero-order chi connectivity index (χ0) is 24.6. The predicted octanol–water partition coefficient (Wildman–Crippen LogP) is 3.90. The van der Waals surface area contributed by atoms with Gasteiger partial charge in [-0.3, -0.25) is 15.1 Å². The number of aliphatic hydroxyl groups excluding tert-OH is 1. The molecule has 0 radical (unpaired) electrons. The van der Waals surface area contributed by atoms with Crippen molar-refractivity contribution in [2.45, 2.75) is 19.4 Å². The van der Waals surface area contributed by atoms with Gasteiger partial charge in [0.25, 0.3) is 5.91 Å². The van der Waals surface area contributed by atoms with Crippen LogP contribution in [0.1, 0.15) is 29.2 Å². The minimum absolute atomic E-state index is 0.108. The first-order chi connectivity index (χ1) is 16.8. The van der Waals surface area contributed by atoms with Crippen molar-refractivity contribution in [3.05, 3.63) is 64.9 Å². The van der Waals surface area contributed by atoms with Crippen molar-refractivity contribution in [1.29, 1.82) is 5.41 Å². The minimum atomic E-state index is -0.185. The highest BCUT2D eigenvalue weighted by atomic mass is 32.1. The molecule has 3 aromatic rings. The lowest BCUT2D eigenvalue weighted by Crippen LogP contribution is -2.55. The summed E-state index contributed by atoms with van der Waals surface area (Å²) < 4.78 is 6.45. The van der Waals surface area contributed by atoms with Gasteiger partial charge in [0.05, 0.1) is 35.5 Å². The Morgan fingerprint density at radius 1 is 1.20 bits per heavy atom. The number of anilines is 1. The fraction of sp³-hybridized carbons (Fsp3) is 0.346. The van der Waals surface area contributed by atoms with Crippen molar-refractivity contribution in [2.75, 3.05) is 44.3 Å². The Morgan fingerprint density at radius 2 is 1.97 bits per heavy atom. The van der Waals surface area contributed by atoms with Gasteiger partial charge in [0.2, 0.25) is 0 Å². The molecule has 1 saturated heterocycles. The summed E-state index contributed by atoms with van der Waals surface area (Å²) in [6, 6.07) is 14.9. The minimum Gasteiger partial charge on any atom is -0.510 e. The molecule has 8 nitrogen and oxygen atoms in total. The fourth-order valence-electron chi connectivity index (χ4n) is 4.50. The summed E-state index contributed by atoms with van der Waals surface area (Å²) in [6.45, 7) is 8.05. The van der Waals surface area contributed by atoms with E-state index in [2.05, 4.69) is 29.0 Å². The maximum absolute atomic E-state index is 13.0. The lowest BCUT2D eigenvalue weighted by Gasteiger charge is -2.40. The van der Waals surface area contributed by atoms with Gasteiger partial charge in [-0.15, -0.1) is 11.3 Å². The first-order valence-corrected chi connectivity index (χ1v) is 12.5. The van der Waals surface area contributed by atoms with Crippen LogP contribution in [0.25, 0.3) is 15.8 Å². The van der Waals surface area contributed by atoms with E-state index in [1.165, 1.54) is 11.3 Å². The number of aliphatic hydroxyl groups is 1. The number of amides is 1. The maximum atomic E-state index is 13.0. The van der Waals surface area contributed by atoms with Crippen molar-refractivity contribution in [2.24, 2.45) is 0 Å². The van der Waals surface area contributed by atoms with E-state index in [1.54, 1.807) is 23.1 Å². The Kier molecular flexibility index (Phi) is 6.31. The van der Waals surface area contributed by atoms with Crippen LogP contribution in [-0.2, 0) is 4.74 Å². The highest BCUT2D eigenvalue weighted by Gasteiger charge is 2.32. The van der Waals surface area contributed by atoms with Gasteiger partial charge in [-0.05, 0) is 44.2 Å². The van der Waals surface area contributed by atoms with Gasteiger partial charge in [-0.25, -0.2) is 4.98 Å². The zero-order valence-corrected chi connectivity index (χ0v) is 20.7. The molecule has 1 amide bonds. The smallest absolute Gasteiger partial charge is 0.251 e. The molecule has 2 aromatic carbocycles. The highest BCUT2D eigenvalue weighted by molar-refractivity contribution is 7.19. The Bertz CT molecular complexity index is 1280. The van der Waals surface area contributed by atoms with Crippen LogP contribution in [-0.4, -0.2) is 71.7 Å². The van der Waals surface area contributed by atoms with Crippen LogP contribution in [0.2, 0.25) is 0 Å². The van der Waals surface area contributed by atoms with Crippen LogP contribution in [0.3, 0.4) is 0 Å². The number of hydrogen-bond acceptors (Lipinski definition) is 7. The van der Waals surface area contributed by atoms with Crippen LogP contribution in [0.5, 0.6) is 0 Å².